The molecule has 1 aromatic carbocycles. The normalized spacial score (nSPS) is 11.9. The van der Waals surface area contributed by atoms with Crippen LogP contribution < -0.4 is 4.74 Å². The Morgan fingerprint density at radius 3 is 2.62 bits per heavy atom. The number of ether oxygens (including phenoxy) is 1. The average Bonchev–Trinajstić information content (AvgIpc) is 2.46. The lowest BCUT2D eigenvalue weighted by Crippen LogP contribution is -2.15. The van der Waals surface area contributed by atoms with Gasteiger partial charge in [-0.05, 0) is 24.3 Å². The van der Waals surface area contributed by atoms with Crippen LogP contribution in [-0.4, -0.2) is 16.5 Å². The summed E-state index contributed by atoms with van der Waals surface area (Å²) in [6.45, 7) is -0.363. The first kappa shape index (κ1) is 14.8. The number of hydrogen-bond acceptors (Lipinski definition) is 4. The molecule has 1 unspecified atom stereocenters. The van der Waals surface area contributed by atoms with E-state index in [2.05, 4.69) is 4.98 Å². The van der Waals surface area contributed by atoms with Crippen LogP contribution in [0.4, 0.5) is 8.78 Å². The van der Waals surface area contributed by atoms with E-state index in [1.54, 1.807) is 6.07 Å². The molecular formula is C14H12F2N2O3. The molecule has 0 bridgehead atoms. The zero-order valence-electron chi connectivity index (χ0n) is 10.9. The first-order valence-corrected chi connectivity index (χ1v) is 6.20. The highest BCUT2D eigenvalue weighted by molar-refractivity contribution is 5.24. The number of para-hydroxylation sites is 1. The van der Waals surface area contributed by atoms with Gasteiger partial charge in [-0.1, -0.05) is 12.1 Å². The molecule has 2 aromatic rings. The third-order valence-corrected chi connectivity index (χ3v) is 2.76. The monoisotopic (exact) mass is 294 g/mol. The number of hydrogen-bond donors (Lipinski definition) is 0. The maximum absolute atomic E-state index is 13.6. The van der Waals surface area contributed by atoms with Crippen molar-refractivity contribution in [3.8, 4) is 5.75 Å². The van der Waals surface area contributed by atoms with Crippen LogP contribution in [0.25, 0.3) is 0 Å². The molecule has 0 amide bonds. The summed E-state index contributed by atoms with van der Waals surface area (Å²) in [5.74, 6) is -1.14. The Labute approximate surface area is 119 Å². The number of nitro groups is 1. The fourth-order valence-electron chi connectivity index (χ4n) is 1.76. The molecule has 0 fully saturated rings. The van der Waals surface area contributed by atoms with E-state index in [-0.39, 0.29) is 18.7 Å². The minimum Gasteiger partial charge on any atom is -0.481 e. The Bertz CT molecular complexity index is 620. The van der Waals surface area contributed by atoms with E-state index >= 15 is 0 Å². The van der Waals surface area contributed by atoms with Crippen LogP contribution in [-0.2, 0) is 0 Å². The first-order chi connectivity index (χ1) is 10.1. The number of nitrogens with zero attached hydrogens (tertiary/aromatic N) is 2. The van der Waals surface area contributed by atoms with Gasteiger partial charge < -0.3 is 4.74 Å². The van der Waals surface area contributed by atoms with Gasteiger partial charge in [-0.2, -0.15) is 0 Å². The van der Waals surface area contributed by atoms with E-state index in [0.717, 1.165) is 6.20 Å². The van der Waals surface area contributed by atoms with E-state index in [0.29, 0.717) is 5.69 Å². The molecule has 1 aromatic heterocycles. The summed E-state index contributed by atoms with van der Waals surface area (Å²) in [5, 5.41) is 10.5. The van der Waals surface area contributed by atoms with Crippen molar-refractivity contribution >= 4 is 0 Å². The van der Waals surface area contributed by atoms with Gasteiger partial charge >= 0.3 is 0 Å². The van der Waals surface area contributed by atoms with Gasteiger partial charge in [-0.15, -0.1) is 0 Å². The molecule has 0 aliphatic carbocycles. The quantitative estimate of drug-likeness (QED) is 0.606. The van der Waals surface area contributed by atoms with Gasteiger partial charge in [0.05, 0.1) is 18.3 Å². The average molecular weight is 294 g/mol. The van der Waals surface area contributed by atoms with Crippen LogP contribution >= 0.6 is 0 Å². The Kier molecular flexibility index (Phi) is 4.76. The summed E-state index contributed by atoms with van der Waals surface area (Å²) in [6.07, 6.45) is 0.159. The van der Waals surface area contributed by atoms with Gasteiger partial charge in [0.1, 0.15) is 11.9 Å². The maximum atomic E-state index is 13.6. The van der Waals surface area contributed by atoms with E-state index in [1.807, 2.05) is 0 Å². The molecule has 0 aliphatic heterocycles. The molecule has 0 radical (unpaired) electrons. The number of benzene rings is 1. The Morgan fingerprint density at radius 2 is 2.00 bits per heavy atom. The zero-order valence-corrected chi connectivity index (χ0v) is 10.9. The molecule has 1 atom stereocenters. The highest BCUT2D eigenvalue weighted by Crippen LogP contribution is 2.25. The van der Waals surface area contributed by atoms with E-state index in [4.69, 9.17) is 4.74 Å². The molecule has 21 heavy (non-hydrogen) atoms. The van der Waals surface area contributed by atoms with Crippen LogP contribution in [0.1, 0.15) is 18.2 Å². The molecule has 5 nitrogen and oxygen atoms in total. The minimum atomic E-state index is -0.826. The van der Waals surface area contributed by atoms with Crippen LogP contribution in [0.15, 0.2) is 42.6 Å². The van der Waals surface area contributed by atoms with Crippen molar-refractivity contribution in [2.45, 2.75) is 12.5 Å². The second kappa shape index (κ2) is 6.74. The number of rotatable bonds is 6. The number of aromatic nitrogens is 1. The van der Waals surface area contributed by atoms with Gasteiger partial charge in [0.25, 0.3) is 0 Å². The zero-order chi connectivity index (χ0) is 15.2. The predicted molar refractivity (Wildman–Crippen MR) is 70.4 cm³/mol. The van der Waals surface area contributed by atoms with Crippen LogP contribution in [0, 0.1) is 21.7 Å². The molecule has 0 spiro atoms. The second-order valence-electron chi connectivity index (χ2n) is 4.28. The van der Waals surface area contributed by atoms with Crippen molar-refractivity contribution < 1.29 is 18.4 Å². The van der Waals surface area contributed by atoms with Gasteiger partial charge in [0, 0.05) is 4.92 Å². The topological polar surface area (TPSA) is 65.3 Å². The number of halogens is 2. The standard InChI is InChI=1S/C14H12F2N2O3/c15-10-5-6-12(17-9-10)14(7-8-18(19)20)21-13-4-2-1-3-11(13)16/h1-6,9,14H,7-8H2. The minimum absolute atomic E-state index is 0.0000331. The van der Waals surface area contributed by atoms with Gasteiger partial charge in [-0.3, -0.25) is 15.1 Å². The predicted octanol–water partition coefficient (Wildman–Crippen LogP) is 3.15. The molecule has 0 saturated carbocycles. The fourth-order valence-corrected chi connectivity index (χ4v) is 1.76. The fraction of sp³-hybridized carbons (Fsp3) is 0.214. The van der Waals surface area contributed by atoms with Crippen molar-refractivity contribution in [2.24, 2.45) is 0 Å². The molecule has 0 N–H and O–H groups in total. The van der Waals surface area contributed by atoms with Crippen LogP contribution in [0.3, 0.4) is 0 Å². The lowest BCUT2D eigenvalue weighted by molar-refractivity contribution is -0.482. The van der Waals surface area contributed by atoms with Crippen LogP contribution in [0.5, 0.6) is 5.75 Å². The summed E-state index contributed by atoms with van der Waals surface area (Å²) >= 11 is 0. The largest absolute Gasteiger partial charge is 0.481 e. The van der Waals surface area contributed by atoms with E-state index < -0.39 is 22.7 Å². The van der Waals surface area contributed by atoms with Crippen molar-refractivity contribution in [1.29, 1.82) is 0 Å². The summed E-state index contributed by atoms with van der Waals surface area (Å²) in [5.41, 5.74) is 0.307. The lowest BCUT2D eigenvalue weighted by Gasteiger charge is -2.17. The van der Waals surface area contributed by atoms with E-state index in [1.165, 1.54) is 30.3 Å². The Hall–Kier alpha value is -2.57. The lowest BCUT2D eigenvalue weighted by atomic mass is 10.1. The third kappa shape index (κ3) is 4.20. The summed E-state index contributed by atoms with van der Waals surface area (Å²) in [6, 6.07) is 8.26. The first-order valence-electron chi connectivity index (χ1n) is 6.20. The van der Waals surface area contributed by atoms with Crippen molar-refractivity contribution in [1.82, 2.24) is 4.98 Å². The Morgan fingerprint density at radius 1 is 1.24 bits per heavy atom. The summed E-state index contributed by atoms with van der Waals surface area (Å²) in [4.78, 5) is 13.8. The molecule has 110 valence electrons. The molecule has 1 heterocycles. The molecule has 7 heteroatoms. The van der Waals surface area contributed by atoms with Crippen LogP contribution in [0.2, 0.25) is 0 Å². The summed E-state index contributed by atoms with van der Waals surface area (Å²) in [7, 11) is 0. The van der Waals surface area contributed by atoms with Crippen molar-refractivity contribution in [2.75, 3.05) is 6.54 Å². The van der Waals surface area contributed by atoms with E-state index in [9.17, 15) is 18.9 Å². The smallest absolute Gasteiger partial charge is 0.207 e. The van der Waals surface area contributed by atoms with Gasteiger partial charge in [0.15, 0.2) is 11.6 Å². The van der Waals surface area contributed by atoms with Gasteiger partial charge in [-0.25, -0.2) is 8.78 Å². The molecule has 2 rings (SSSR count). The molecule has 0 saturated heterocycles. The van der Waals surface area contributed by atoms with Crippen molar-refractivity contribution in [3.63, 3.8) is 0 Å². The highest BCUT2D eigenvalue weighted by Gasteiger charge is 2.19. The molecule has 0 aliphatic rings. The maximum Gasteiger partial charge on any atom is 0.207 e. The van der Waals surface area contributed by atoms with Gasteiger partial charge in [0.2, 0.25) is 6.54 Å². The molecular weight excluding hydrogens is 282 g/mol. The second-order valence-corrected chi connectivity index (χ2v) is 4.28. The van der Waals surface area contributed by atoms with Crippen molar-refractivity contribution in [3.05, 3.63) is 70.0 Å². The highest BCUT2D eigenvalue weighted by atomic mass is 19.1. The SMILES string of the molecule is O=[N+]([O-])CCC(Oc1ccccc1F)c1ccc(F)cn1. The Balaban J connectivity index is 2.21. The third-order valence-electron chi connectivity index (χ3n) is 2.76. The number of pyridine rings is 1. The summed E-state index contributed by atoms with van der Waals surface area (Å²) < 4.78 is 31.9.